The first-order chi connectivity index (χ1) is 9.35. The van der Waals surface area contributed by atoms with Gasteiger partial charge in [-0.15, -0.1) is 0 Å². The molecule has 0 aliphatic carbocycles. The summed E-state index contributed by atoms with van der Waals surface area (Å²) < 4.78 is 29.3. The maximum atomic E-state index is 12.4. The molecule has 0 spiro atoms. The van der Waals surface area contributed by atoms with E-state index in [4.69, 9.17) is 0 Å². The smallest absolute Gasteiger partial charge is 0.242 e. The lowest BCUT2D eigenvalue weighted by Gasteiger charge is -2.15. The summed E-state index contributed by atoms with van der Waals surface area (Å²) in [7, 11) is -3.52. The predicted molar refractivity (Wildman–Crippen MR) is 80.0 cm³/mol. The quantitative estimate of drug-likeness (QED) is 0.774. The van der Waals surface area contributed by atoms with Crippen molar-refractivity contribution < 1.29 is 13.5 Å². The minimum absolute atomic E-state index is 0.0371. The Kier molecular flexibility index (Phi) is 6.23. The molecule has 0 amide bonds. The normalized spacial score (nSPS) is 13.9. The molecule has 1 atom stereocenters. The summed E-state index contributed by atoms with van der Waals surface area (Å²) in [5, 5.41) is 9.32. The van der Waals surface area contributed by atoms with E-state index in [-0.39, 0.29) is 23.6 Å². The topological polar surface area (TPSA) is 71.3 Å². The number of sulfonamides is 1. The predicted octanol–water partition coefficient (Wildman–Crippen LogP) is 2.42. The second kappa shape index (κ2) is 7.24. The van der Waals surface area contributed by atoms with Gasteiger partial charge in [0.2, 0.25) is 10.0 Å². The number of hydrogen-bond donors (Lipinski definition) is 2. The third-order valence-corrected chi connectivity index (χ3v) is 4.87. The van der Waals surface area contributed by atoms with Crippen molar-refractivity contribution in [2.24, 2.45) is 0 Å². The van der Waals surface area contributed by atoms with Gasteiger partial charge in [-0.3, -0.25) is 0 Å². The van der Waals surface area contributed by atoms with Crippen LogP contribution in [0, 0.1) is 0 Å². The Balaban J connectivity index is 3.03. The van der Waals surface area contributed by atoms with Gasteiger partial charge in [0.05, 0.1) is 11.5 Å². The van der Waals surface area contributed by atoms with E-state index < -0.39 is 10.0 Å². The van der Waals surface area contributed by atoms with E-state index in [0.29, 0.717) is 5.69 Å². The average molecular weight is 302 g/mol. The fraction of sp³-hybridized carbons (Fsp3) is 0.714. The van der Waals surface area contributed by atoms with Crippen LogP contribution < -0.4 is 4.72 Å². The van der Waals surface area contributed by atoms with Crippen LogP contribution in [0.4, 0.5) is 0 Å². The Morgan fingerprint density at radius 2 is 2.00 bits per heavy atom. The minimum atomic E-state index is -3.52. The van der Waals surface area contributed by atoms with Crippen LogP contribution in [-0.2, 0) is 16.6 Å². The largest absolute Gasteiger partial charge is 0.390 e. The van der Waals surface area contributed by atoms with Gasteiger partial charge in [-0.05, 0) is 32.8 Å². The standard InChI is InChI=1S/C14H26N2O3S/c1-5-7-12(6-2)15-20(18,19)14-8-13(10-17)16(9-14)11(3)4/h8-9,11-12,15,17H,5-7,10H2,1-4H3. The van der Waals surface area contributed by atoms with Crippen molar-refractivity contribution in [2.45, 2.75) is 70.5 Å². The molecule has 0 aliphatic heterocycles. The van der Waals surface area contributed by atoms with E-state index in [2.05, 4.69) is 4.72 Å². The van der Waals surface area contributed by atoms with Crippen molar-refractivity contribution in [3.63, 3.8) is 0 Å². The van der Waals surface area contributed by atoms with Crippen LogP contribution >= 0.6 is 0 Å². The Morgan fingerprint density at radius 1 is 1.35 bits per heavy atom. The third kappa shape index (κ3) is 4.07. The molecule has 6 heteroatoms. The van der Waals surface area contributed by atoms with Crippen LogP contribution in [0.2, 0.25) is 0 Å². The number of nitrogens with one attached hydrogen (secondary N) is 1. The lowest BCUT2D eigenvalue weighted by Crippen LogP contribution is -2.34. The number of nitrogens with zero attached hydrogens (tertiary/aromatic N) is 1. The Hall–Kier alpha value is -0.850. The highest BCUT2D eigenvalue weighted by molar-refractivity contribution is 7.89. The second-order valence-corrected chi connectivity index (χ2v) is 7.06. The van der Waals surface area contributed by atoms with Crippen LogP contribution in [0.15, 0.2) is 17.2 Å². The van der Waals surface area contributed by atoms with Crippen molar-refractivity contribution >= 4 is 10.0 Å². The van der Waals surface area contributed by atoms with Crippen LogP contribution in [0.1, 0.15) is 58.7 Å². The minimum Gasteiger partial charge on any atom is -0.390 e. The average Bonchev–Trinajstić information content (AvgIpc) is 2.83. The number of aromatic nitrogens is 1. The third-order valence-electron chi connectivity index (χ3n) is 3.39. The molecule has 0 saturated heterocycles. The lowest BCUT2D eigenvalue weighted by atomic mass is 10.1. The molecule has 0 fully saturated rings. The van der Waals surface area contributed by atoms with Crippen LogP contribution in [0.25, 0.3) is 0 Å². The molecule has 0 aromatic carbocycles. The van der Waals surface area contributed by atoms with E-state index in [1.807, 2.05) is 27.7 Å². The SMILES string of the molecule is CCCC(CC)NS(=O)(=O)c1cc(CO)n(C(C)C)c1. The molecule has 1 rings (SSSR count). The summed E-state index contributed by atoms with van der Waals surface area (Å²) in [5.41, 5.74) is 0.615. The van der Waals surface area contributed by atoms with Crippen LogP contribution in [0.5, 0.6) is 0 Å². The fourth-order valence-corrected chi connectivity index (χ4v) is 3.64. The maximum absolute atomic E-state index is 12.4. The van der Waals surface area contributed by atoms with Crippen molar-refractivity contribution in [1.82, 2.24) is 9.29 Å². The van der Waals surface area contributed by atoms with E-state index >= 15 is 0 Å². The molecule has 20 heavy (non-hydrogen) atoms. The summed E-state index contributed by atoms with van der Waals surface area (Å²) in [6, 6.07) is 1.62. The van der Waals surface area contributed by atoms with Gasteiger partial charge in [-0.25, -0.2) is 13.1 Å². The van der Waals surface area contributed by atoms with E-state index in [1.165, 1.54) is 0 Å². The molecule has 0 aliphatic rings. The van der Waals surface area contributed by atoms with Gasteiger partial charge in [0.15, 0.2) is 0 Å². The summed E-state index contributed by atoms with van der Waals surface area (Å²) in [6.45, 7) is 7.75. The van der Waals surface area contributed by atoms with Gasteiger partial charge in [-0.2, -0.15) is 0 Å². The molecule has 1 aromatic heterocycles. The first kappa shape index (κ1) is 17.2. The van der Waals surface area contributed by atoms with E-state index in [9.17, 15) is 13.5 Å². The zero-order chi connectivity index (χ0) is 15.3. The maximum Gasteiger partial charge on any atom is 0.242 e. The number of hydrogen-bond acceptors (Lipinski definition) is 3. The highest BCUT2D eigenvalue weighted by Crippen LogP contribution is 2.20. The molecule has 0 saturated carbocycles. The number of rotatable bonds is 8. The number of aliphatic hydroxyl groups is 1. The molecular formula is C14H26N2O3S. The van der Waals surface area contributed by atoms with Gasteiger partial charge in [0, 0.05) is 24.0 Å². The summed E-state index contributed by atoms with van der Waals surface area (Å²) in [5.74, 6) is 0. The lowest BCUT2D eigenvalue weighted by molar-refractivity contribution is 0.268. The number of aliphatic hydroxyl groups excluding tert-OH is 1. The molecule has 0 radical (unpaired) electrons. The van der Waals surface area contributed by atoms with Gasteiger partial charge in [-0.1, -0.05) is 20.3 Å². The summed E-state index contributed by atoms with van der Waals surface area (Å²) >= 11 is 0. The van der Waals surface area contributed by atoms with E-state index in [1.54, 1.807) is 16.8 Å². The first-order valence-corrected chi connectivity index (χ1v) is 8.67. The van der Waals surface area contributed by atoms with Crippen molar-refractivity contribution in [3.8, 4) is 0 Å². The summed E-state index contributed by atoms with van der Waals surface area (Å²) in [4.78, 5) is 0.227. The van der Waals surface area contributed by atoms with Gasteiger partial charge in [0.25, 0.3) is 0 Å². The second-order valence-electron chi connectivity index (χ2n) is 5.34. The Labute approximate surface area is 122 Å². The highest BCUT2D eigenvalue weighted by Gasteiger charge is 2.22. The zero-order valence-corrected chi connectivity index (χ0v) is 13.6. The Bertz CT molecular complexity index is 521. The molecular weight excluding hydrogens is 276 g/mol. The highest BCUT2D eigenvalue weighted by atomic mass is 32.2. The molecule has 116 valence electrons. The van der Waals surface area contributed by atoms with Gasteiger partial charge >= 0.3 is 0 Å². The molecule has 1 unspecified atom stereocenters. The van der Waals surface area contributed by atoms with Crippen molar-refractivity contribution in [3.05, 3.63) is 18.0 Å². The van der Waals surface area contributed by atoms with E-state index in [0.717, 1.165) is 19.3 Å². The fourth-order valence-electron chi connectivity index (χ4n) is 2.23. The zero-order valence-electron chi connectivity index (χ0n) is 12.8. The van der Waals surface area contributed by atoms with Crippen LogP contribution in [0.3, 0.4) is 0 Å². The Morgan fingerprint density at radius 3 is 2.40 bits per heavy atom. The first-order valence-electron chi connectivity index (χ1n) is 7.19. The molecule has 1 heterocycles. The molecule has 1 aromatic rings. The van der Waals surface area contributed by atoms with Gasteiger partial charge < -0.3 is 9.67 Å². The summed E-state index contributed by atoms with van der Waals surface area (Å²) in [6.07, 6.45) is 4.13. The molecule has 0 bridgehead atoms. The molecule has 5 nitrogen and oxygen atoms in total. The van der Waals surface area contributed by atoms with Crippen molar-refractivity contribution in [2.75, 3.05) is 0 Å². The van der Waals surface area contributed by atoms with Gasteiger partial charge in [0.1, 0.15) is 0 Å². The van der Waals surface area contributed by atoms with Crippen molar-refractivity contribution in [1.29, 1.82) is 0 Å². The monoisotopic (exact) mass is 302 g/mol. The van der Waals surface area contributed by atoms with Crippen LogP contribution in [-0.4, -0.2) is 24.1 Å². The molecule has 2 N–H and O–H groups in total.